The van der Waals surface area contributed by atoms with Crippen molar-refractivity contribution in [3.05, 3.63) is 11.4 Å². The average Bonchev–Trinajstić information content (AvgIpc) is 2.88. The molecule has 1 heterocycles. The molecule has 138 valence electrons. The van der Waals surface area contributed by atoms with Gasteiger partial charge in [-0.25, -0.2) is 13.9 Å². The third-order valence-electron chi connectivity index (χ3n) is 4.13. The second kappa shape index (κ2) is 7.44. The summed E-state index contributed by atoms with van der Waals surface area (Å²) in [5.41, 5.74) is -1.48. The number of carbonyl (C=O) groups is 1. The number of aromatic nitrogens is 3. The van der Waals surface area contributed by atoms with E-state index in [-0.39, 0.29) is 36.5 Å². The van der Waals surface area contributed by atoms with Gasteiger partial charge in [-0.2, -0.15) is 0 Å². The SMILES string of the molecule is [B]C1(F)CCC(OCC(=O)OC(C)C)CCc2c1nnn2C(C)(C)C. The van der Waals surface area contributed by atoms with E-state index in [1.807, 2.05) is 20.8 Å². The third-order valence-corrected chi connectivity index (χ3v) is 4.13. The predicted octanol–water partition coefficient (Wildman–Crippen LogP) is 2.39. The number of rotatable bonds is 4. The second-order valence-electron chi connectivity index (χ2n) is 7.88. The molecule has 2 radical (unpaired) electrons. The molecule has 2 unspecified atom stereocenters. The summed E-state index contributed by atoms with van der Waals surface area (Å²) in [6, 6.07) is 0. The fourth-order valence-electron chi connectivity index (χ4n) is 2.97. The lowest BCUT2D eigenvalue weighted by atomic mass is 9.74. The molecule has 0 N–H and O–H groups in total. The number of ether oxygens (including phenoxy) is 2. The van der Waals surface area contributed by atoms with Crippen LogP contribution >= 0.6 is 0 Å². The van der Waals surface area contributed by atoms with E-state index in [1.165, 1.54) is 0 Å². The first-order chi connectivity index (χ1) is 11.5. The van der Waals surface area contributed by atoms with Crippen LogP contribution in [0.4, 0.5) is 4.39 Å². The van der Waals surface area contributed by atoms with Crippen LogP contribution < -0.4 is 0 Å². The van der Waals surface area contributed by atoms with Crippen molar-refractivity contribution in [2.75, 3.05) is 6.61 Å². The number of fused-ring (bicyclic) bond motifs is 1. The lowest BCUT2D eigenvalue weighted by Crippen LogP contribution is -2.32. The fraction of sp³-hybridized carbons (Fsp3) is 0.824. The zero-order valence-corrected chi connectivity index (χ0v) is 15.7. The number of nitrogens with zero attached hydrogens (tertiary/aromatic N) is 3. The maximum Gasteiger partial charge on any atom is 0.332 e. The summed E-state index contributed by atoms with van der Waals surface area (Å²) in [6.07, 6.45) is 1.19. The Morgan fingerprint density at radius 2 is 2.12 bits per heavy atom. The van der Waals surface area contributed by atoms with Crippen LogP contribution in [0.2, 0.25) is 0 Å². The Kier molecular flexibility index (Phi) is 5.91. The fourth-order valence-corrected chi connectivity index (χ4v) is 2.97. The van der Waals surface area contributed by atoms with Gasteiger partial charge in [0.05, 0.1) is 23.4 Å². The monoisotopic (exact) mass is 351 g/mol. The van der Waals surface area contributed by atoms with Gasteiger partial charge in [-0.3, -0.25) is 0 Å². The molecule has 1 aromatic heterocycles. The number of hydrogen-bond donors (Lipinski definition) is 0. The van der Waals surface area contributed by atoms with Gasteiger partial charge in [0, 0.05) is 0 Å². The molecule has 2 atom stereocenters. The topological polar surface area (TPSA) is 66.2 Å². The first kappa shape index (κ1) is 19.9. The van der Waals surface area contributed by atoms with E-state index in [0.717, 1.165) is 0 Å². The molecule has 0 saturated heterocycles. The second-order valence-corrected chi connectivity index (χ2v) is 7.88. The van der Waals surface area contributed by atoms with Gasteiger partial charge < -0.3 is 9.47 Å². The molecule has 0 amide bonds. The van der Waals surface area contributed by atoms with Crippen LogP contribution in [0.15, 0.2) is 0 Å². The van der Waals surface area contributed by atoms with Gasteiger partial charge >= 0.3 is 5.97 Å². The van der Waals surface area contributed by atoms with Crippen molar-refractivity contribution in [2.45, 2.75) is 83.6 Å². The maximum atomic E-state index is 15.0. The van der Waals surface area contributed by atoms with Crippen LogP contribution in [0.5, 0.6) is 0 Å². The summed E-state index contributed by atoms with van der Waals surface area (Å²) in [6.45, 7) is 9.35. The van der Waals surface area contributed by atoms with Crippen molar-refractivity contribution in [3.63, 3.8) is 0 Å². The molecule has 0 fully saturated rings. The molecule has 2 rings (SSSR count). The number of esters is 1. The molecule has 0 aromatic carbocycles. The third kappa shape index (κ3) is 5.03. The highest BCUT2D eigenvalue weighted by molar-refractivity contribution is 6.14. The number of alkyl halides is 1. The van der Waals surface area contributed by atoms with E-state index in [9.17, 15) is 9.18 Å². The maximum absolute atomic E-state index is 15.0. The normalized spacial score (nSPS) is 24.5. The van der Waals surface area contributed by atoms with Crippen molar-refractivity contribution < 1.29 is 18.7 Å². The Bertz CT molecular complexity index is 611. The molecule has 6 nitrogen and oxygen atoms in total. The first-order valence-corrected chi connectivity index (χ1v) is 8.75. The van der Waals surface area contributed by atoms with E-state index in [0.29, 0.717) is 25.0 Å². The summed E-state index contributed by atoms with van der Waals surface area (Å²) in [7, 11) is 5.87. The van der Waals surface area contributed by atoms with Crippen LogP contribution in [0.3, 0.4) is 0 Å². The minimum atomic E-state index is -2.06. The molecule has 1 aromatic rings. The van der Waals surface area contributed by atoms with Crippen LogP contribution in [0.25, 0.3) is 0 Å². The molecule has 1 aliphatic carbocycles. The standard InChI is InChI=1S/C17H27BFN3O3/c1-11(2)25-14(23)10-24-12-6-7-13-15(17(18,19)9-8-12)20-21-22(13)16(3,4)5/h11-12H,6-10H2,1-5H3. The Balaban J connectivity index is 2.12. The molecule has 0 saturated carbocycles. The highest BCUT2D eigenvalue weighted by atomic mass is 19.1. The molecule has 8 heteroatoms. The van der Waals surface area contributed by atoms with Crippen molar-refractivity contribution in [2.24, 2.45) is 0 Å². The van der Waals surface area contributed by atoms with Gasteiger partial charge in [-0.05, 0) is 60.3 Å². The summed E-state index contributed by atoms with van der Waals surface area (Å²) in [5, 5.41) is 8.12. The van der Waals surface area contributed by atoms with Crippen LogP contribution in [-0.4, -0.2) is 47.6 Å². The quantitative estimate of drug-likeness (QED) is 0.616. The molecular formula is C17H27BFN3O3. The van der Waals surface area contributed by atoms with E-state index in [4.69, 9.17) is 17.3 Å². The zero-order chi connectivity index (χ0) is 18.8. The minimum Gasteiger partial charge on any atom is -0.461 e. The van der Waals surface area contributed by atoms with Gasteiger partial charge in [0.2, 0.25) is 0 Å². The van der Waals surface area contributed by atoms with Gasteiger partial charge in [-0.15, -0.1) is 5.10 Å². The van der Waals surface area contributed by atoms with E-state index >= 15 is 0 Å². The Labute approximate surface area is 149 Å². The van der Waals surface area contributed by atoms with Crippen molar-refractivity contribution >= 4 is 13.8 Å². The summed E-state index contributed by atoms with van der Waals surface area (Å²) in [4.78, 5) is 11.6. The first-order valence-electron chi connectivity index (χ1n) is 8.75. The summed E-state index contributed by atoms with van der Waals surface area (Å²) < 4.78 is 27.4. The van der Waals surface area contributed by atoms with Crippen LogP contribution in [-0.2, 0) is 31.8 Å². The van der Waals surface area contributed by atoms with Gasteiger partial charge in [0.1, 0.15) is 25.7 Å². The van der Waals surface area contributed by atoms with E-state index in [1.54, 1.807) is 18.5 Å². The van der Waals surface area contributed by atoms with Crippen LogP contribution in [0.1, 0.15) is 65.3 Å². The largest absolute Gasteiger partial charge is 0.461 e. The number of carbonyl (C=O) groups excluding carboxylic acids is 1. The lowest BCUT2D eigenvalue weighted by Gasteiger charge is -2.29. The molecule has 0 aliphatic heterocycles. The minimum absolute atomic E-state index is 0.0622. The Morgan fingerprint density at radius 3 is 2.72 bits per heavy atom. The molecule has 25 heavy (non-hydrogen) atoms. The van der Waals surface area contributed by atoms with Crippen molar-refractivity contribution in [1.82, 2.24) is 15.0 Å². The van der Waals surface area contributed by atoms with E-state index < -0.39 is 11.5 Å². The van der Waals surface area contributed by atoms with E-state index in [2.05, 4.69) is 10.3 Å². The smallest absolute Gasteiger partial charge is 0.332 e. The predicted molar refractivity (Wildman–Crippen MR) is 92.1 cm³/mol. The number of hydrogen-bond acceptors (Lipinski definition) is 5. The summed E-state index contributed by atoms with van der Waals surface area (Å²) in [5.74, 6) is -0.418. The highest BCUT2D eigenvalue weighted by Crippen LogP contribution is 2.35. The molecular weight excluding hydrogens is 324 g/mol. The molecule has 0 spiro atoms. The van der Waals surface area contributed by atoms with Gasteiger partial charge in [0.25, 0.3) is 0 Å². The lowest BCUT2D eigenvalue weighted by molar-refractivity contribution is -0.155. The van der Waals surface area contributed by atoms with Gasteiger partial charge in [-0.1, -0.05) is 5.21 Å². The van der Waals surface area contributed by atoms with Gasteiger partial charge in [0.15, 0.2) is 0 Å². The van der Waals surface area contributed by atoms with Crippen molar-refractivity contribution in [3.8, 4) is 0 Å². The molecule has 0 bridgehead atoms. The molecule has 1 aliphatic rings. The summed E-state index contributed by atoms with van der Waals surface area (Å²) >= 11 is 0. The van der Waals surface area contributed by atoms with Crippen molar-refractivity contribution in [1.29, 1.82) is 0 Å². The number of halogens is 1. The average molecular weight is 351 g/mol. The highest BCUT2D eigenvalue weighted by Gasteiger charge is 2.37. The Hall–Kier alpha value is -1.44. The van der Waals surface area contributed by atoms with Crippen LogP contribution in [0, 0.1) is 0 Å². The zero-order valence-electron chi connectivity index (χ0n) is 15.7. The Morgan fingerprint density at radius 1 is 1.44 bits per heavy atom.